The van der Waals surface area contributed by atoms with E-state index in [-0.39, 0.29) is 10.9 Å². The SMILES string of the molecule is FC(F)(F)Oc1ccc(NC(=S)Nc2ccc(Cl)cc2Cl)cc1. The fourth-order valence-electron chi connectivity index (χ4n) is 1.62. The molecule has 0 aromatic heterocycles. The lowest BCUT2D eigenvalue weighted by atomic mass is 10.3. The summed E-state index contributed by atoms with van der Waals surface area (Å²) >= 11 is 16.9. The minimum absolute atomic E-state index is 0.221. The van der Waals surface area contributed by atoms with E-state index in [1.807, 2.05) is 0 Å². The summed E-state index contributed by atoms with van der Waals surface area (Å²) in [6, 6.07) is 10.00. The Kier molecular flexibility index (Phi) is 5.56. The summed E-state index contributed by atoms with van der Waals surface area (Å²) in [6.45, 7) is 0. The Bertz CT molecular complexity index is 708. The molecule has 2 rings (SSSR count). The third-order valence-electron chi connectivity index (χ3n) is 2.53. The van der Waals surface area contributed by atoms with Crippen molar-refractivity contribution < 1.29 is 17.9 Å². The molecule has 0 aliphatic heterocycles. The molecule has 0 saturated carbocycles. The topological polar surface area (TPSA) is 33.3 Å². The first kappa shape index (κ1) is 17.7. The van der Waals surface area contributed by atoms with Crippen LogP contribution in [-0.2, 0) is 0 Å². The van der Waals surface area contributed by atoms with Crippen molar-refractivity contribution in [3.63, 3.8) is 0 Å². The second kappa shape index (κ2) is 7.25. The average Bonchev–Trinajstić information content (AvgIpc) is 2.42. The van der Waals surface area contributed by atoms with Crippen LogP contribution >= 0.6 is 35.4 Å². The zero-order valence-corrected chi connectivity index (χ0v) is 13.6. The summed E-state index contributed by atoms with van der Waals surface area (Å²) < 4.78 is 40.0. The molecule has 0 aliphatic carbocycles. The van der Waals surface area contributed by atoms with Crippen molar-refractivity contribution in [3.05, 3.63) is 52.5 Å². The largest absolute Gasteiger partial charge is 0.573 e. The van der Waals surface area contributed by atoms with Gasteiger partial charge in [0, 0.05) is 10.7 Å². The zero-order valence-electron chi connectivity index (χ0n) is 11.2. The fourth-order valence-corrected chi connectivity index (χ4v) is 2.30. The van der Waals surface area contributed by atoms with Gasteiger partial charge in [-0.05, 0) is 54.7 Å². The molecule has 0 aliphatic rings. The van der Waals surface area contributed by atoms with Crippen LogP contribution < -0.4 is 15.4 Å². The van der Waals surface area contributed by atoms with Gasteiger partial charge in [0.2, 0.25) is 0 Å². The van der Waals surface area contributed by atoms with Crippen LogP contribution in [0, 0.1) is 0 Å². The summed E-state index contributed by atoms with van der Waals surface area (Å²) in [6.07, 6.45) is -4.73. The first-order chi connectivity index (χ1) is 10.7. The molecule has 23 heavy (non-hydrogen) atoms. The van der Waals surface area contributed by atoms with E-state index < -0.39 is 6.36 Å². The van der Waals surface area contributed by atoms with E-state index in [9.17, 15) is 13.2 Å². The maximum Gasteiger partial charge on any atom is 0.573 e. The Hall–Kier alpha value is -1.70. The van der Waals surface area contributed by atoms with E-state index >= 15 is 0 Å². The van der Waals surface area contributed by atoms with Crippen LogP contribution in [0.4, 0.5) is 24.5 Å². The van der Waals surface area contributed by atoms with Gasteiger partial charge in [0.25, 0.3) is 0 Å². The van der Waals surface area contributed by atoms with Crippen LogP contribution in [0.3, 0.4) is 0 Å². The van der Waals surface area contributed by atoms with Crippen molar-refractivity contribution >= 4 is 51.9 Å². The monoisotopic (exact) mass is 380 g/mol. The predicted octanol–water partition coefficient (Wildman–Crippen LogP) is 5.70. The molecule has 0 radical (unpaired) electrons. The Morgan fingerprint density at radius 1 is 1.00 bits per heavy atom. The number of alkyl halides is 3. The van der Waals surface area contributed by atoms with Gasteiger partial charge in [0.1, 0.15) is 5.75 Å². The first-order valence-corrected chi connectivity index (χ1v) is 7.28. The molecule has 9 heteroatoms. The van der Waals surface area contributed by atoms with E-state index in [0.717, 1.165) is 0 Å². The van der Waals surface area contributed by atoms with Crippen molar-refractivity contribution in [1.29, 1.82) is 0 Å². The fraction of sp³-hybridized carbons (Fsp3) is 0.0714. The molecule has 0 spiro atoms. The van der Waals surface area contributed by atoms with Crippen LogP contribution in [0.5, 0.6) is 5.75 Å². The van der Waals surface area contributed by atoms with E-state index in [4.69, 9.17) is 35.4 Å². The summed E-state index contributed by atoms with van der Waals surface area (Å²) in [5.74, 6) is -0.317. The molecule has 0 heterocycles. The number of nitrogens with one attached hydrogen (secondary N) is 2. The Labute approximate surface area is 145 Å². The van der Waals surface area contributed by atoms with Crippen molar-refractivity contribution in [3.8, 4) is 5.75 Å². The lowest BCUT2D eigenvalue weighted by Gasteiger charge is -2.13. The van der Waals surface area contributed by atoms with Gasteiger partial charge in [-0.3, -0.25) is 0 Å². The Balaban J connectivity index is 1.97. The third kappa shape index (κ3) is 5.78. The van der Waals surface area contributed by atoms with Gasteiger partial charge in [-0.15, -0.1) is 13.2 Å². The molecule has 0 atom stereocenters. The highest BCUT2D eigenvalue weighted by Gasteiger charge is 2.30. The van der Waals surface area contributed by atoms with Gasteiger partial charge in [-0.25, -0.2) is 0 Å². The van der Waals surface area contributed by atoms with Gasteiger partial charge < -0.3 is 15.4 Å². The molecule has 2 aromatic carbocycles. The molecule has 2 N–H and O–H groups in total. The first-order valence-electron chi connectivity index (χ1n) is 6.12. The van der Waals surface area contributed by atoms with Crippen molar-refractivity contribution in [2.75, 3.05) is 10.6 Å². The van der Waals surface area contributed by atoms with Crippen LogP contribution in [0.2, 0.25) is 10.0 Å². The highest BCUT2D eigenvalue weighted by Crippen LogP contribution is 2.26. The minimum atomic E-state index is -4.73. The zero-order chi connectivity index (χ0) is 17.0. The number of ether oxygens (including phenoxy) is 1. The van der Waals surface area contributed by atoms with E-state index in [0.29, 0.717) is 21.4 Å². The number of anilines is 2. The maximum atomic E-state index is 12.1. The van der Waals surface area contributed by atoms with Crippen LogP contribution in [0.1, 0.15) is 0 Å². The molecule has 2 aromatic rings. The molecular formula is C14H9Cl2F3N2OS. The lowest BCUT2D eigenvalue weighted by Crippen LogP contribution is -2.19. The van der Waals surface area contributed by atoms with Gasteiger partial charge in [-0.1, -0.05) is 23.2 Å². The number of hydrogen-bond donors (Lipinski definition) is 2. The molecule has 0 saturated heterocycles. The molecule has 0 bridgehead atoms. The highest BCUT2D eigenvalue weighted by molar-refractivity contribution is 7.80. The Morgan fingerprint density at radius 2 is 1.65 bits per heavy atom. The average molecular weight is 381 g/mol. The molecule has 122 valence electrons. The number of halogens is 5. The second-order valence-corrected chi connectivity index (χ2v) is 5.53. The summed E-state index contributed by atoms with van der Waals surface area (Å²) in [4.78, 5) is 0. The van der Waals surface area contributed by atoms with E-state index in [1.54, 1.807) is 18.2 Å². The molecule has 0 amide bonds. The number of benzene rings is 2. The van der Waals surface area contributed by atoms with Crippen molar-refractivity contribution in [2.24, 2.45) is 0 Å². The highest BCUT2D eigenvalue weighted by atomic mass is 35.5. The number of thiocarbonyl (C=S) groups is 1. The van der Waals surface area contributed by atoms with E-state index in [1.165, 1.54) is 24.3 Å². The van der Waals surface area contributed by atoms with E-state index in [2.05, 4.69) is 15.4 Å². The standard InChI is InChI=1S/C14H9Cl2F3N2OS/c15-8-1-6-12(11(16)7-8)21-13(23)20-9-2-4-10(5-3-9)22-14(17,18)19/h1-7H,(H2,20,21,23). The molecular weight excluding hydrogens is 372 g/mol. The maximum absolute atomic E-state index is 12.1. The van der Waals surface area contributed by atoms with Crippen molar-refractivity contribution in [2.45, 2.75) is 6.36 Å². The predicted molar refractivity (Wildman–Crippen MR) is 89.4 cm³/mol. The third-order valence-corrected chi connectivity index (χ3v) is 3.28. The quantitative estimate of drug-likeness (QED) is 0.669. The lowest BCUT2D eigenvalue weighted by molar-refractivity contribution is -0.274. The van der Waals surface area contributed by atoms with Crippen molar-refractivity contribution in [1.82, 2.24) is 0 Å². The smallest absolute Gasteiger partial charge is 0.406 e. The normalized spacial score (nSPS) is 11.0. The van der Waals surface area contributed by atoms with Crippen LogP contribution in [-0.4, -0.2) is 11.5 Å². The second-order valence-electron chi connectivity index (χ2n) is 4.28. The minimum Gasteiger partial charge on any atom is -0.406 e. The van der Waals surface area contributed by atoms with Gasteiger partial charge >= 0.3 is 6.36 Å². The number of rotatable bonds is 3. The van der Waals surface area contributed by atoms with Gasteiger partial charge in [0.15, 0.2) is 5.11 Å². The van der Waals surface area contributed by atoms with Gasteiger partial charge in [-0.2, -0.15) is 0 Å². The van der Waals surface area contributed by atoms with Crippen LogP contribution in [0.15, 0.2) is 42.5 Å². The molecule has 0 unspecified atom stereocenters. The molecule has 3 nitrogen and oxygen atoms in total. The number of hydrogen-bond acceptors (Lipinski definition) is 2. The summed E-state index contributed by atoms with van der Waals surface area (Å²) in [5.41, 5.74) is 1.03. The summed E-state index contributed by atoms with van der Waals surface area (Å²) in [5, 5.41) is 6.76. The molecule has 0 fully saturated rings. The van der Waals surface area contributed by atoms with Gasteiger partial charge in [0.05, 0.1) is 10.7 Å². The Morgan fingerprint density at radius 3 is 2.22 bits per heavy atom. The summed E-state index contributed by atoms with van der Waals surface area (Å²) in [7, 11) is 0. The van der Waals surface area contributed by atoms with Crippen LogP contribution in [0.25, 0.3) is 0 Å².